The van der Waals surface area contributed by atoms with Gasteiger partial charge in [0.05, 0.1) is 6.61 Å². The van der Waals surface area contributed by atoms with Gasteiger partial charge < -0.3 is 9.53 Å². The summed E-state index contributed by atoms with van der Waals surface area (Å²) in [6.45, 7) is 5.98. The minimum absolute atomic E-state index is 0.0956. The van der Waals surface area contributed by atoms with Gasteiger partial charge in [0.25, 0.3) is 8.32 Å². The average molecular weight is 428 g/mol. The first-order valence-corrected chi connectivity index (χ1v) is 11.4. The summed E-state index contributed by atoms with van der Waals surface area (Å²) in [6.07, 6.45) is 0. The van der Waals surface area contributed by atoms with Gasteiger partial charge in [-0.3, -0.25) is 0 Å². The van der Waals surface area contributed by atoms with Crippen LogP contribution in [0, 0.1) is 11.9 Å². The van der Waals surface area contributed by atoms with Crippen molar-refractivity contribution in [3.63, 3.8) is 0 Å². The smallest absolute Gasteiger partial charge is 0.340 e. The lowest BCUT2D eigenvalue weighted by Gasteiger charge is -2.43. The Balaban J connectivity index is 2.13. The molecule has 0 aliphatic rings. The standard InChI is InChI=1S/C23H23F2NO3Si/c1-23(2,3)30(17-10-6-4-7-11-17,18-12-8-5-9-13-18)29-15-16-14-19(22(27)28)21(25)26-20(16)24/h4-14H,15H2,1-3H3,(H,27,28). The number of halogens is 2. The molecule has 0 bridgehead atoms. The molecule has 0 aliphatic carbocycles. The summed E-state index contributed by atoms with van der Waals surface area (Å²) in [5, 5.41) is 10.8. The summed E-state index contributed by atoms with van der Waals surface area (Å²) < 4.78 is 34.6. The van der Waals surface area contributed by atoms with Crippen molar-refractivity contribution < 1.29 is 23.1 Å². The van der Waals surface area contributed by atoms with Gasteiger partial charge in [0.2, 0.25) is 11.9 Å². The zero-order valence-electron chi connectivity index (χ0n) is 17.0. The molecule has 4 nitrogen and oxygen atoms in total. The lowest BCUT2D eigenvalue weighted by atomic mass is 10.2. The number of carbonyl (C=O) groups is 1. The third kappa shape index (κ3) is 4.03. The van der Waals surface area contributed by atoms with E-state index in [1.54, 1.807) is 0 Å². The molecule has 0 saturated heterocycles. The fourth-order valence-corrected chi connectivity index (χ4v) is 8.24. The molecule has 156 valence electrons. The van der Waals surface area contributed by atoms with Crippen LogP contribution < -0.4 is 10.4 Å². The highest BCUT2D eigenvalue weighted by Crippen LogP contribution is 2.37. The molecule has 3 aromatic rings. The number of hydrogen-bond donors (Lipinski definition) is 1. The first kappa shape index (κ1) is 21.8. The number of pyridine rings is 1. The molecule has 0 unspecified atom stereocenters. The van der Waals surface area contributed by atoms with Gasteiger partial charge in [-0.25, -0.2) is 4.79 Å². The molecule has 3 rings (SSSR count). The van der Waals surface area contributed by atoms with E-state index in [0.29, 0.717) is 0 Å². The van der Waals surface area contributed by atoms with Crippen LogP contribution in [-0.2, 0) is 11.0 Å². The second-order valence-corrected chi connectivity index (χ2v) is 12.3. The quantitative estimate of drug-likeness (QED) is 0.475. The highest BCUT2D eigenvalue weighted by molar-refractivity contribution is 6.99. The highest BCUT2D eigenvalue weighted by Gasteiger charge is 2.50. The third-order valence-corrected chi connectivity index (χ3v) is 10.1. The zero-order valence-corrected chi connectivity index (χ0v) is 18.0. The maximum Gasteiger partial charge on any atom is 0.340 e. The summed E-state index contributed by atoms with van der Waals surface area (Å²) in [7, 11) is -2.95. The van der Waals surface area contributed by atoms with Crippen molar-refractivity contribution in [3.8, 4) is 0 Å². The molecule has 7 heteroatoms. The van der Waals surface area contributed by atoms with Crippen molar-refractivity contribution >= 4 is 24.7 Å². The van der Waals surface area contributed by atoms with Crippen LogP contribution in [0.3, 0.4) is 0 Å². The van der Waals surface area contributed by atoms with E-state index in [1.807, 2.05) is 60.7 Å². The second kappa shape index (κ2) is 8.45. The number of hydrogen-bond acceptors (Lipinski definition) is 3. The van der Waals surface area contributed by atoms with E-state index in [4.69, 9.17) is 9.53 Å². The molecular weight excluding hydrogens is 404 g/mol. The number of aromatic nitrogens is 1. The fourth-order valence-electron chi connectivity index (χ4n) is 3.71. The summed E-state index contributed by atoms with van der Waals surface area (Å²) in [5.41, 5.74) is -0.778. The van der Waals surface area contributed by atoms with Crippen LogP contribution in [0.2, 0.25) is 5.04 Å². The summed E-state index contributed by atoms with van der Waals surface area (Å²) >= 11 is 0. The molecule has 2 aromatic carbocycles. The van der Waals surface area contributed by atoms with Gasteiger partial charge in [0.15, 0.2) is 0 Å². The van der Waals surface area contributed by atoms with Crippen molar-refractivity contribution in [1.82, 2.24) is 4.98 Å². The summed E-state index contributed by atoms with van der Waals surface area (Å²) in [6, 6.07) is 20.5. The molecular formula is C23H23F2NO3Si. The Kier molecular flexibility index (Phi) is 6.14. The second-order valence-electron chi connectivity index (χ2n) is 8.03. The maximum atomic E-state index is 14.4. The number of nitrogens with zero attached hydrogens (tertiary/aromatic N) is 1. The molecule has 1 N–H and O–H groups in total. The third-order valence-electron chi connectivity index (χ3n) is 5.09. The van der Waals surface area contributed by atoms with Gasteiger partial charge in [0, 0.05) is 5.56 Å². The van der Waals surface area contributed by atoms with Crippen LogP contribution in [-0.4, -0.2) is 24.4 Å². The number of rotatable bonds is 6. The number of benzene rings is 2. The Labute approximate surface area is 175 Å². The van der Waals surface area contributed by atoms with Gasteiger partial charge in [-0.2, -0.15) is 13.8 Å². The molecule has 0 atom stereocenters. The van der Waals surface area contributed by atoms with E-state index in [0.717, 1.165) is 16.4 Å². The summed E-state index contributed by atoms with van der Waals surface area (Å²) in [4.78, 5) is 14.4. The van der Waals surface area contributed by atoms with Crippen molar-refractivity contribution in [2.45, 2.75) is 32.4 Å². The Bertz CT molecular complexity index is 998. The van der Waals surface area contributed by atoms with Gasteiger partial charge in [-0.15, -0.1) is 0 Å². The molecule has 0 amide bonds. The van der Waals surface area contributed by atoms with E-state index < -0.39 is 31.7 Å². The van der Waals surface area contributed by atoms with Crippen molar-refractivity contribution in [2.24, 2.45) is 0 Å². The van der Waals surface area contributed by atoms with Crippen LogP contribution in [0.25, 0.3) is 0 Å². The van der Waals surface area contributed by atoms with E-state index in [2.05, 4.69) is 25.8 Å². The minimum Gasteiger partial charge on any atom is -0.478 e. The first-order chi connectivity index (χ1) is 14.2. The first-order valence-electron chi connectivity index (χ1n) is 9.50. The molecule has 1 heterocycles. The Morgan fingerprint density at radius 2 is 1.47 bits per heavy atom. The Hall–Kier alpha value is -2.90. The predicted molar refractivity (Wildman–Crippen MR) is 114 cm³/mol. The maximum absolute atomic E-state index is 14.4. The van der Waals surface area contributed by atoms with Crippen molar-refractivity contribution in [3.05, 3.63) is 89.8 Å². The predicted octanol–water partition coefficient (Wildman–Crippen LogP) is 4.13. The van der Waals surface area contributed by atoms with Crippen LogP contribution in [0.15, 0.2) is 66.7 Å². The SMILES string of the molecule is CC(C)(C)[Si](OCc1cc(C(=O)O)c(F)nc1F)(c1ccccc1)c1ccccc1. The topological polar surface area (TPSA) is 59.4 Å². The number of carboxylic acids is 1. The molecule has 0 radical (unpaired) electrons. The van der Waals surface area contributed by atoms with E-state index in [1.165, 1.54) is 0 Å². The number of carboxylic acid groups (broad SMARTS) is 1. The van der Waals surface area contributed by atoms with Crippen LogP contribution >= 0.6 is 0 Å². The lowest BCUT2D eigenvalue weighted by Crippen LogP contribution is -2.66. The van der Waals surface area contributed by atoms with Gasteiger partial charge in [-0.05, 0) is 21.5 Å². The van der Waals surface area contributed by atoms with Crippen LogP contribution in [0.1, 0.15) is 36.7 Å². The Morgan fingerprint density at radius 1 is 0.967 bits per heavy atom. The lowest BCUT2D eigenvalue weighted by molar-refractivity contribution is 0.0690. The zero-order chi connectivity index (χ0) is 21.9. The Morgan fingerprint density at radius 3 is 1.90 bits per heavy atom. The molecule has 0 spiro atoms. The molecule has 30 heavy (non-hydrogen) atoms. The van der Waals surface area contributed by atoms with E-state index >= 15 is 0 Å². The highest BCUT2D eigenvalue weighted by atomic mass is 28.4. The minimum atomic E-state index is -2.95. The largest absolute Gasteiger partial charge is 0.478 e. The van der Waals surface area contributed by atoms with Crippen molar-refractivity contribution in [1.29, 1.82) is 0 Å². The summed E-state index contributed by atoms with van der Waals surface area (Å²) in [5.74, 6) is -3.93. The normalized spacial score (nSPS) is 12.0. The molecule has 0 fully saturated rings. The van der Waals surface area contributed by atoms with Gasteiger partial charge in [0.1, 0.15) is 5.56 Å². The van der Waals surface area contributed by atoms with E-state index in [9.17, 15) is 13.6 Å². The monoisotopic (exact) mass is 427 g/mol. The molecule has 1 aromatic heterocycles. The van der Waals surface area contributed by atoms with Gasteiger partial charge in [-0.1, -0.05) is 81.4 Å². The fraction of sp³-hybridized carbons (Fsp3) is 0.217. The van der Waals surface area contributed by atoms with Crippen LogP contribution in [0.4, 0.5) is 8.78 Å². The number of aromatic carboxylic acids is 1. The average Bonchev–Trinajstić information content (AvgIpc) is 2.70. The van der Waals surface area contributed by atoms with E-state index in [-0.39, 0.29) is 17.2 Å². The van der Waals surface area contributed by atoms with Gasteiger partial charge >= 0.3 is 5.97 Å². The molecule has 0 aliphatic heterocycles. The van der Waals surface area contributed by atoms with Crippen LogP contribution in [0.5, 0.6) is 0 Å². The molecule has 0 saturated carbocycles. The van der Waals surface area contributed by atoms with Crippen molar-refractivity contribution in [2.75, 3.05) is 0 Å².